The molecule has 0 saturated carbocycles. The molecule has 1 aliphatic rings. The summed E-state index contributed by atoms with van der Waals surface area (Å²) in [6, 6.07) is 10.3. The van der Waals surface area contributed by atoms with Crippen LogP contribution in [0.15, 0.2) is 35.9 Å². The third kappa shape index (κ3) is 5.28. The molecule has 1 aromatic carbocycles. The van der Waals surface area contributed by atoms with Crippen LogP contribution in [0.1, 0.15) is 12.5 Å². The lowest BCUT2D eigenvalue weighted by atomic mass is 10.1. The second kappa shape index (κ2) is 8.11. The number of carbonyl (C=O) groups is 1. The second-order valence-electron chi connectivity index (χ2n) is 6.30. The number of carbonyl (C=O) groups excluding carboxylic acids is 1. The number of hydrogen-bond acceptors (Lipinski definition) is 3. The average Bonchev–Trinajstić information content (AvgIpc) is 2.47. The SMILES string of the molecule is C/C(=C\c1ccccc1)CN1CCN(CCN(C)C)C(=O)C1. The van der Waals surface area contributed by atoms with Crippen LogP contribution in [0, 0.1) is 0 Å². The van der Waals surface area contributed by atoms with Crippen LogP contribution in [0.25, 0.3) is 6.08 Å². The first-order chi connectivity index (χ1) is 10.5. The number of benzene rings is 1. The van der Waals surface area contributed by atoms with Crippen LogP contribution in [0.5, 0.6) is 0 Å². The number of likely N-dealkylation sites (N-methyl/N-ethyl adjacent to an activating group) is 1. The van der Waals surface area contributed by atoms with Crippen molar-refractivity contribution in [1.29, 1.82) is 0 Å². The fourth-order valence-corrected chi connectivity index (χ4v) is 2.68. The highest BCUT2D eigenvalue weighted by Crippen LogP contribution is 2.10. The second-order valence-corrected chi connectivity index (χ2v) is 6.30. The van der Waals surface area contributed by atoms with Gasteiger partial charge in [-0.2, -0.15) is 0 Å². The Balaban J connectivity index is 1.83. The topological polar surface area (TPSA) is 26.8 Å². The number of hydrogen-bond donors (Lipinski definition) is 0. The van der Waals surface area contributed by atoms with Crippen molar-refractivity contribution in [1.82, 2.24) is 14.7 Å². The van der Waals surface area contributed by atoms with Crippen molar-refractivity contribution in [3.8, 4) is 0 Å². The first kappa shape index (κ1) is 16.7. The van der Waals surface area contributed by atoms with Crippen LogP contribution >= 0.6 is 0 Å². The summed E-state index contributed by atoms with van der Waals surface area (Å²) in [6.07, 6.45) is 2.20. The Hall–Kier alpha value is -1.65. The Morgan fingerprint density at radius 1 is 1.23 bits per heavy atom. The minimum absolute atomic E-state index is 0.251. The van der Waals surface area contributed by atoms with Crippen LogP contribution in [0.2, 0.25) is 0 Å². The smallest absolute Gasteiger partial charge is 0.236 e. The molecule has 1 saturated heterocycles. The fourth-order valence-electron chi connectivity index (χ4n) is 2.68. The van der Waals surface area contributed by atoms with E-state index in [9.17, 15) is 4.79 Å². The van der Waals surface area contributed by atoms with E-state index in [0.717, 1.165) is 32.7 Å². The number of nitrogens with zero attached hydrogens (tertiary/aromatic N) is 3. The van der Waals surface area contributed by atoms with Crippen LogP contribution < -0.4 is 0 Å². The Morgan fingerprint density at radius 2 is 1.95 bits per heavy atom. The van der Waals surface area contributed by atoms with Crippen molar-refractivity contribution in [2.24, 2.45) is 0 Å². The van der Waals surface area contributed by atoms with E-state index in [1.54, 1.807) is 0 Å². The number of piperazine rings is 1. The highest BCUT2D eigenvalue weighted by atomic mass is 16.2. The summed E-state index contributed by atoms with van der Waals surface area (Å²) < 4.78 is 0. The Labute approximate surface area is 134 Å². The molecule has 1 heterocycles. The molecule has 0 aliphatic carbocycles. The van der Waals surface area contributed by atoms with Gasteiger partial charge in [0.2, 0.25) is 5.91 Å². The molecule has 0 aromatic heterocycles. The van der Waals surface area contributed by atoms with Crippen molar-refractivity contribution in [3.63, 3.8) is 0 Å². The van der Waals surface area contributed by atoms with Crippen LogP contribution in [-0.2, 0) is 4.79 Å². The molecule has 22 heavy (non-hydrogen) atoms. The van der Waals surface area contributed by atoms with Gasteiger partial charge >= 0.3 is 0 Å². The molecule has 4 heteroatoms. The first-order valence-electron chi connectivity index (χ1n) is 7.91. The standard InChI is InChI=1S/C18H27N3O/c1-16(13-17-7-5-4-6-8-17)14-20-10-12-21(18(22)15-20)11-9-19(2)3/h4-8,13H,9-12,14-15H2,1-3H3/b16-13+. The molecule has 1 fully saturated rings. The molecule has 0 atom stereocenters. The summed E-state index contributed by atoms with van der Waals surface area (Å²) in [5, 5.41) is 0. The predicted octanol–water partition coefficient (Wildman–Crippen LogP) is 1.80. The minimum Gasteiger partial charge on any atom is -0.339 e. The number of rotatable bonds is 6. The average molecular weight is 301 g/mol. The van der Waals surface area contributed by atoms with Crippen LogP contribution in [0.4, 0.5) is 0 Å². The lowest BCUT2D eigenvalue weighted by Crippen LogP contribution is -2.51. The molecule has 1 aromatic rings. The predicted molar refractivity (Wildman–Crippen MR) is 91.7 cm³/mol. The van der Waals surface area contributed by atoms with Gasteiger partial charge < -0.3 is 9.80 Å². The Kier molecular flexibility index (Phi) is 6.16. The van der Waals surface area contributed by atoms with Gasteiger partial charge in [0.1, 0.15) is 0 Å². The van der Waals surface area contributed by atoms with Gasteiger partial charge in [-0.05, 0) is 26.6 Å². The van der Waals surface area contributed by atoms with E-state index in [-0.39, 0.29) is 5.91 Å². The molecule has 1 aliphatic heterocycles. The fraction of sp³-hybridized carbons (Fsp3) is 0.500. The molecule has 0 spiro atoms. The van der Waals surface area contributed by atoms with Gasteiger partial charge in [-0.15, -0.1) is 0 Å². The summed E-state index contributed by atoms with van der Waals surface area (Å²) in [4.78, 5) is 18.5. The van der Waals surface area contributed by atoms with Crippen molar-refractivity contribution >= 4 is 12.0 Å². The first-order valence-corrected chi connectivity index (χ1v) is 7.91. The quantitative estimate of drug-likeness (QED) is 0.801. The lowest BCUT2D eigenvalue weighted by molar-refractivity contribution is -0.135. The number of amides is 1. The van der Waals surface area contributed by atoms with E-state index in [2.05, 4.69) is 34.9 Å². The zero-order valence-corrected chi connectivity index (χ0v) is 14.0. The van der Waals surface area contributed by atoms with Crippen molar-refractivity contribution < 1.29 is 4.79 Å². The van der Waals surface area contributed by atoms with Crippen LogP contribution in [0.3, 0.4) is 0 Å². The van der Waals surface area contributed by atoms with Gasteiger partial charge in [-0.25, -0.2) is 0 Å². The maximum Gasteiger partial charge on any atom is 0.236 e. The zero-order chi connectivity index (χ0) is 15.9. The maximum atomic E-state index is 12.2. The normalized spacial score (nSPS) is 17.4. The summed E-state index contributed by atoms with van der Waals surface area (Å²) in [6.45, 7) is 7.09. The third-order valence-corrected chi connectivity index (χ3v) is 3.90. The monoisotopic (exact) mass is 301 g/mol. The van der Waals surface area contributed by atoms with Gasteiger partial charge in [0, 0.05) is 32.7 Å². The summed E-state index contributed by atoms with van der Waals surface area (Å²) in [5.74, 6) is 0.251. The van der Waals surface area contributed by atoms with E-state index >= 15 is 0 Å². The van der Waals surface area contributed by atoms with Gasteiger partial charge in [0.05, 0.1) is 6.54 Å². The van der Waals surface area contributed by atoms with Crippen molar-refractivity contribution in [2.75, 3.05) is 53.4 Å². The van der Waals surface area contributed by atoms with E-state index in [1.807, 2.05) is 37.2 Å². The molecule has 4 nitrogen and oxygen atoms in total. The summed E-state index contributed by atoms with van der Waals surface area (Å²) in [5.41, 5.74) is 2.51. The van der Waals surface area contributed by atoms with Crippen molar-refractivity contribution in [3.05, 3.63) is 41.5 Å². The molecule has 2 rings (SSSR count). The van der Waals surface area contributed by atoms with Crippen LogP contribution in [-0.4, -0.2) is 74.0 Å². The zero-order valence-electron chi connectivity index (χ0n) is 14.0. The van der Waals surface area contributed by atoms with Gasteiger partial charge in [-0.1, -0.05) is 42.0 Å². The van der Waals surface area contributed by atoms with Crippen molar-refractivity contribution in [2.45, 2.75) is 6.92 Å². The van der Waals surface area contributed by atoms with Gasteiger partial charge in [0.25, 0.3) is 0 Å². The summed E-state index contributed by atoms with van der Waals surface area (Å²) >= 11 is 0. The summed E-state index contributed by atoms with van der Waals surface area (Å²) in [7, 11) is 4.08. The Bertz CT molecular complexity index is 510. The molecule has 0 N–H and O–H groups in total. The van der Waals surface area contributed by atoms with Gasteiger partial charge in [0.15, 0.2) is 0 Å². The molecule has 0 bridgehead atoms. The molecule has 0 radical (unpaired) electrons. The highest BCUT2D eigenvalue weighted by molar-refractivity contribution is 5.79. The minimum atomic E-state index is 0.251. The molecule has 120 valence electrons. The van der Waals surface area contributed by atoms with E-state index in [0.29, 0.717) is 6.54 Å². The van der Waals surface area contributed by atoms with E-state index < -0.39 is 0 Å². The highest BCUT2D eigenvalue weighted by Gasteiger charge is 2.23. The third-order valence-electron chi connectivity index (χ3n) is 3.90. The van der Waals surface area contributed by atoms with E-state index in [1.165, 1.54) is 11.1 Å². The van der Waals surface area contributed by atoms with Gasteiger partial charge in [-0.3, -0.25) is 9.69 Å². The Morgan fingerprint density at radius 3 is 2.59 bits per heavy atom. The molecule has 0 unspecified atom stereocenters. The molecular formula is C18H27N3O. The molecule has 1 amide bonds. The largest absolute Gasteiger partial charge is 0.339 e. The lowest BCUT2D eigenvalue weighted by Gasteiger charge is -2.35. The maximum absolute atomic E-state index is 12.2. The van der Waals surface area contributed by atoms with E-state index in [4.69, 9.17) is 0 Å². The molecular weight excluding hydrogens is 274 g/mol.